The third-order valence-corrected chi connectivity index (χ3v) is 7.23. The Kier molecular flexibility index (Phi) is 13.4. The van der Waals surface area contributed by atoms with Crippen LogP contribution in [0.25, 0.3) is 0 Å². The van der Waals surface area contributed by atoms with Crippen molar-refractivity contribution in [1.29, 1.82) is 0 Å². The van der Waals surface area contributed by atoms with Crippen molar-refractivity contribution in [2.45, 2.75) is 53.4 Å². The van der Waals surface area contributed by atoms with Gasteiger partial charge in [0.2, 0.25) is 0 Å². The molecule has 0 aromatic rings. The minimum atomic E-state index is -4.15. The molecule has 6 nitrogen and oxygen atoms in total. The molecule has 0 aliphatic rings. The summed E-state index contributed by atoms with van der Waals surface area (Å²) < 4.78 is 31.2. The van der Waals surface area contributed by atoms with Crippen molar-refractivity contribution >= 4 is 15.4 Å². The summed E-state index contributed by atoms with van der Waals surface area (Å²) in [5.74, 6) is -0.576. The highest BCUT2D eigenvalue weighted by atomic mass is 31.2. The first-order chi connectivity index (χ1) is 11.7. The molecule has 0 aliphatic heterocycles. The first-order valence-corrected chi connectivity index (χ1v) is 11.9. The Morgan fingerprint density at radius 1 is 1.04 bits per heavy atom. The Hall–Kier alpha value is -0.480. The summed E-state index contributed by atoms with van der Waals surface area (Å²) in [6, 6.07) is 0. The van der Waals surface area contributed by atoms with E-state index in [1.807, 2.05) is 13.0 Å². The third-order valence-electron chi connectivity index (χ3n) is 3.44. The van der Waals surface area contributed by atoms with Crippen molar-refractivity contribution in [2.75, 3.05) is 18.9 Å². The lowest BCUT2D eigenvalue weighted by molar-refractivity contribution is -0.145. The SMILES string of the molecule is CC(C)=CCCC(C)=CCCC(C)=CCOC[PH](=O)CP(=O)(O)OO. The molecule has 2 N–H and O–H groups in total. The van der Waals surface area contributed by atoms with Gasteiger partial charge in [-0.25, -0.2) is 5.26 Å². The summed E-state index contributed by atoms with van der Waals surface area (Å²) in [7, 11) is -6.57. The van der Waals surface area contributed by atoms with E-state index >= 15 is 0 Å². The molecular weight excluding hydrogens is 362 g/mol. The summed E-state index contributed by atoms with van der Waals surface area (Å²) in [6.07, 6.45) is 10.4. The van der Waals surface area contributed by atoms with Crippen LogP contribution in [0.15, 0.2) is 34.9 Å². The lowest BCUT2D eigenvalue weighted by Crippen LogP contribution is -1.95. The molecule has 8 heteroatoms. The second-order valence-corrected chi connectivity index (χ2v) is 10.5. The predicted octanol–water partition coefficient (Wildman–Crippen LogP) is 5.57. The van der Waals surface area contributed by atoms with Gasteiger partial charge in [-0.1, -0.05) is 34.9 Å². The molecule has 2 unspecified atom stereocenters. The molecule has 0 saturated heterocycles. The standard InChI is InChI=1S/C17H32O6P2/c1-15(2)7-5-8-16(3)9-6-10-17(4)11-12-22-13-24(19)14-25(20,21)23-18/h7,9,11,18,24H,5-6,8,10,12-14H2,1-4H3,(H,20,21). The molecule has 0 fully saturated rings. The highest BCUT2D eigenvalue weighted by Crippen LogP contribution is 2.48. The molecule has 0 rings (SSSR count). The minimum absolute atomic E-state index is 0.105. The van der Waals surface area contributed by atoms with Crippen LogP contribution in [0.5, 0.6) is 0 Å². The molecule has 0 radical (unpaired) electrons. The van der Waals surface area contributed by atoms with Crippen LogP contribution in [0.3, 0.4) is 0 Å². The average Bonchev–Trinajstić information content (AvgIpc) is 2.51. The van der Waals surface area contributed by atoms with Crippen molar-refractivity contribution in [2.24, 2.45) is 0 Å². The zero-order valence-corrected chi connectivity index (χ0v) is 17.6. The zero-order valence-electron chi connectivity index (χ0n) is 15.7. The summed E-state index contributed by atoms with van der Waals surface area (Å²) in [4.78, 5) is 8.99. The molecule has 25 heavy (non-hydrogen) atoms. The van der Waals surface area contributed by atoms with E-state index in [0.717, 1.165) is 25.7 Å². The van der Waals surface area contributed by atoms with Crippen molar-refractivity contribution < 1.29 is 28.7 Å². The fourth-order valence-electron chi connectivity index (χ4n) is 2.01. The van der Waals surface area contributed by atoms with E-state index in [2.05, 4.69) is 37.6 Å². The molecule has 0 aromatic carbocycles. The second-order valence-electron chi connectivity index (χ2n) is 6.39. The zero-order chi connectivity index (χ0) is 19.3. The Labute approximate surface area is 151 Å². The number of hydrogen-bond acceptors (Lipinski definition) is 5. The van der Waals surface area contributed by atoms with Crippen LogP contribution in [0.2, 0.25) is 0 Å². The van der Waals surface area contributed by atoms with Crippen LogP contribution < -0.4 is 0 Å². The molecule has 2 atom stereocenters. The summed E-state index contributed by atoms with van der Waals surface area (Å²) >= 11 is 0. The molecule has 0 saturated carbocycles. The summed E-state index contributed by atoms with van der Waals surface area (Å²) in [6.45, 7) is 8.68. The summed E-state index contributed by atoms with van der Waals surface area (Å²) in [5.41, 5.74) is 3.92. The van der Waals surface area contributed by atoms with E-state index in [-0.39, 0.29) is 6.35 Å². The van der Waals surface area contributed by atoms with Crippen LogP contribution in [0.1, 0.15) is 53.4 Å². The molecule has 0 aromatic heterocycles. The van der Waals surface area contributed by atoms with E-state index < -0.39 is 21.3 Å². The largest absolute Gasteiger partial charge is 0.370 e. The first kappa shape index (κ1) is 24.5. The molecule has 0 aliphatic carbocycles. The van der Waals surface area contributed by atoms with Crippen LogP contribution in [0.4, 0.5) is 0 Å². The Balaban J connectivity index is 3.97. The van der Waals surface area contributed by atoms with Gasteiger partial charge in [0.15, 0.2) is 0 Å². The monoisotopic (exact) mass is 394 g/mol. The summed E-state index contributed by atoms with van der Waals surface area (Å²) in [5, 5.41) is 8.19. The third kappa shape index (κ3) is 15.5. The number of rotatable bonds is 13. The van der Waals surface area contributed by atoms with Gasteiger partial charge in [0, 0.05) is 0 Å². The highest BCUT2D eigenvalue weighted by molar-refractivity contribution is 7.66. The van der Waals surface area contributed by atoms with Gasteiger partial charge in [-0.2, -0.15) is 4.67 Å². The average molecular weight is 394 g/mol. The Bertz CT molecular complexity index is 547. The maximum Gasteiger partial charge on any atom is 0.362 e. The fourth-order valence-corrected chi connectivity index (χ4v) is 4.73. The lowest BCUT2D eigenvalue weighted by atomic mass is 10.1. The van der Waals surface area contributed by atoms with E-state index in [1.54, 1.807) is 0 Å². The first-order valence-electron chi connectivity index (χ1n) is 8.35. The van der Waals surface area contributed by atoms with Gasteiger partial charge in [-0.05, 0) is 53.4 Å². The van der Waals surface area contributed by atoms with Crippen LogP contribution in [-0.4, -0.2) is 29.0 Å². The molecular formula is C17H32O6P2. The van der Waals surface area contributed by atoms with Gasteiger partial charge < -0.3 is 14.2 Å². The van der Waals surface area contributed by atoms with Gasteiger partial charge in [-0.3, -0.25) is 4.57 Å². The molecule has 0 heterocycles. The van der Waals surface area contributed by atoms with Crippen molar-refractivity contribution in [3.8, 4) is 0 Å². The molecule has 0 bridgehead atoms. The van der Waals surface area contributed by atoms with E-state index in [0.29, 0.717) is 6.61 Å². The van der Waals surface area contributed by atoms with E-state index in [1.165, 1.54) is 16.7 Å². The number of allylic oxidation sites excluding steroid dienone is 5. The Morgan fingerprint density at radius 3 is 2.16 bits per heavy atom. The van der Waals surface area contributed by atoms with Crippen molar-refractivity contribution in [3.63, 3.8) is 0 Å². The second kappa shape index (κ2) is 13.7. The fraction of sp³-hybridized carbons (Fsp3) is 0.647. The van der Waals surface area contributed by atoms with E-state index in [4.69, 9.17) is 14.9 Å². The number of hydrogen-bond donors (Lipinski definition) is 2. The molecule has 146 valence electrons. The number of ether oxygens (including phenoxy) is 1. The molecule has 0 amide bonds. The minimum Gasteiger partial charge on any atom is -0.370 e. The lowest BCUT2D eigenvalue weighted by Gasteiger charge is -2.07. The van der Waals surface area contributed by atoms with Gasteiger partial charge in [0.25, 0.3) is 0 Å². The van der Waals surface area contributed by atoms with Crippen LogP contribution in [-0.2, 0) is 18.5 Å². The normalized spacial score (nSPS) is 16.4. The predicted molar refractivity (Wildman–Crippen MR) is 104 cm³/mol. The topological polar surface area (TPSA) is 93.1 Å². The smallest absolute Gasteiger partial charge is 0.362 e. The van der Waals surface area contributed by atoms with Crippen LogP contribution >= 0.6 is 15.4 Å². The maximum absolute atomic E-state index is 11.5. The maximum atomic E-state index is 11.5. The van der Waals surface area contributed by atoms with Gasteiger partial charge in [0.1, 0.15) is 13.7 Å². The highest BCUT2D eigenvalue weighted by Gasteiger charge is 2.22. The quantitative estimate of drug-likeness (QED) is 0.139. The van der Waals surface area contributed by atoms with Gasteiger partial charge in [-0.15, -0.1) is 0 Å². The van der Waals surface area contributed by atoms with E-state index in [9.17, 15) is 9.13 Å². The van der Waals surface area contributed by atoms with Gasteiger partial charge >= 0.3 is 7.60 Å². The van der Waals surface area contributed by atoms with Gasteiger partial charge in [0.05, 0.1) is 13.0 Å². The molecule has 0 spiro atoms. The Morgan fingerprint density at radius 2 is 1.60 bits per heavy atom. The van der Waals surface area contributed by atoms with Crippen molar-refractivity contribution in [3.05, 3.63) is 34.9 Å². The van der Waals surface area contributed by atoms with Crippen molar-refractivity contribution in [1.82, 2.24) is 0 Å². The van der Waals surface area contributed by atoms with Crippen LogP contribution in [0, 0.1) is 0 Å².